The Bertz CT molecular complexity index is 557. The number of benzene rings is 2. The van der Waals surface area contributed by atoms with Crippen LogP contribution in [0.3, 0.4) is 0 Å². The number of nitrogens with zero attached hydrogens (tertiary/aromatic N) is 1. The molecule has 1 heterocycles. The van der Waals surface area contributed by atoms with E-state index in [0.717, 1.165) is 11.3 Å². The van der Waals surface area contributed by atoms with E-state index in [1.807, 2.05) is 12.1 Å². The van der Waals surface area contributed by atoms with Crippen LogP contribution in [0.5, 0.6) is 0 Å². The molecule has 110 valence electrons. The zero-order valence-corrected chi connectivity index (χ0v) is 12.2. The van der Waals surface area contributed by atoms with Crippen LogP contribution >= 0.6 is 0 Å². The van der Waals surface area contributed by atoms with Crippen molar-refractivity contribution in [1.82, 2.24) is 0 Å². The first-order valence-corrected chi connectivity index (χ1v) is 7.64. The number of halogens is 1. The highest BCUT2D eigenvalue weighted by molar-refractivity contribution is 5.55. The van der Waals surface area contributed by atoms with Crippen molar-refractivity contribution in [3.05, 3.63) is 59.9 Å². The summed E-state index contributed by atoms with van der Waals surface area (Å²) in [6.45, 7) is 3.05. The van der Waals surface area contributed by atoms with Gasteiger partial charge in [0.2, 0.25) is 0 Å². The van der Waals surface area contributed by atoms with Crippen molar-refractivity contribution in [3.63, 3.8) is 0 Å². The van der Waals surface area contributed by atoms with Gasteiger partial charge in [-0.15, -0.1) is 0 Å². The van der Waals surface area contributed by atoms with E-state index in [1.165, 1.54) is 50.2 Å². The second-order valence-electron chi connectivity index (χ2n) is 5.57. The van der Waals surface area contributed by atoms with E-state index < -0.39 is 0 Å². The van der Waals surface area contributed by atoms with Gasteiger partial charge in [-0.3, -0.25) is 0 Å². The van der Waals surface area contributed by atoms with Crippen LogP contribution in [0.15, 0.2) is 48.5 Å². The van der Waals surface area contributed by atoms with Gasteiger partial charge in [0.25, 0.3) is 0 Å². The van der Waals surface area contributed by atoms with Gasteiger partial charge in [0.05, 0.1) is 0 Å². The quantitative estimate of drug-likeness (QED) is 0.893. The molecule has 1 saturated heterocycles. The molecule has 1 N–H and O–H groups in total. The average Bonchev–Trinajstić information content (AvgIpc) is 2.56. The highest BCUT2D eigenvalue weighted by Crippen LogP contribution is 2.22. The highest BCUT2D eigenvalue weighted by Gasteiger charge is 2.10. The fourth-order valence-electron chi connectivity index (χ4n) is 2.75. The van der Waals surface area contributed by atoms with Gasteiger partial charge in [-0.2, -0.15) is 0 Å². The Labute approximate surface area is 125 Å². The second kappa shape index (κ2) is 6.61. The molecule has 2 aromatic rings. The molecule has 0 unspecified atom stereocenters. The molecule has 1 fully saturated rings. The molecule has 1 aliphatic rings. The first-order chi connectivity index (χ1) is 10.3. The molecule has 2 nitrogen and oxygen atoms in total. The SMILES string of the molecule is Fc1ccc(CNc2ccc(N3CCCCC3)cc2)cc1. The second-order valence-corrected chi connectivity index (χ2v) is 5.57. The van der Waals surface area contributed by atoms with E-state index in [2.05, 4.69) is 34.5 Å². The molecule has 0 spiro atoms. The molecule has 3 rings (SSSR count). The molecular weight excluding hydrogens is 263 g/mol. The minimum atomic E-state index is -0.190. The molecule has 1 aliphatic heterocycles. The maximum Gasteiger partial charge on any atom is 0.123 e. The van der Waals surface area contributed by atoms with Crippen LogP contribution in [0.1, 0.15) is 24.8 Å². The Kier molecular flexibility index (Phi) is 4.39. The largest absolute Gasteiger partial charge is 0.381 e. The van der Waals surface area contributed by atoms with Gasteiger partial charge >= 0.3 is 0 Å². The van der Waals surface area contributed by atoms with Gasteiger partial charge in [0.15, 0.2) is 0 Å². The number of piperidine rings is 1. The Balaban J connectivity index is 1.57. The third-order valence-corrected chi connectivity index (χ3v) is 4.00. The summed E-state index contributed by atoms with van der Waals surface area (Å²) >= 11 is 0. The predicted molar refractivity (Wildman–Crippen MR) is 86.2 cm³/mol. The molecule has 0 bridgehead atoms. The molecule has 0 amide bonds. The normalized spacial score (nSPS) is 15.0. The van der Waals surface area contributed by atoms with Crippen molar-refractivity contribution < 1.29 is 4.39 Å². The smallest absolute Gasteiger partial charge is 0.123 e. The number of anilines is 2. The lowest BCUT2D eigenvalue weighted by atomic mass is 10.1. The van der Waals surface area contributed by atoms with E-state index in [0.29, 0.717) is 6.54 Å². The number of nitrogens with one attached hydrogen (secondary N) is 1. The summed E-state index contributed by atoms with van der Waals surface area (Å²) in [4.78, 5) is 2.45. The highest BCUT2D eigenvalue weighted by atomic mass is 19.1. The summed E-state index contributed by atoms with van der Waals surface area (Å²) in [6, 6.07) is 15.2. The number of hydrogen-bond donors (Lipinski definition) is 1. The third-order valence-electron chi connectivity index (χ3n) is 4.00. The van der Waals surface area contributed by atoms with Crippen LogP contribution in [0.2, 0.25) is 0 Å². The van der Waals surface area contributed by atoms with Crippen molar-refractivity contribution in [2.45, 2.75) is 25.8 Å². The minimum Gasteiger partial charge on any atom is -0.381 e. The molecule has 0 atom stereocenters. The average molecular weight is 284 g/mol. The van der Waals surface area contributed by atoms with E-state index in [-0.39, 0.29) is 5.82 Å². The van der Waals surface area contributed by atoms with E-state index >= 15 is 0 Å². The first-order valence-electron chi connectivity index (χ1n) is 7.64. The maximum atomic E-state index is 12.8. The van der Waals surface area contributed by atoms with E-state index in [4.69, 9.17) is 0 Å². The molecule has 3 heteroatoms. The lowest BCUT2D eigenvalue weighted by molar-refractivity contribution is 0.578. The number of hydrogen-bond acceptors (Lipinski definition) is 2. The molecule has 0 radical (unpaired) electrons. The summed E-state index contributed by atoms with van der Waals surface area (Å²) < 4.78 is 12.8. The minimum absolute atomic E-state index is 0.190. The zero-order valence-electron chi connectivity index (χ0n) is 12.2. The topological polar surface area (TPSA) is 15.3 Å². The maximum absolute atomic E-state index is 12.8. The van der Waals surface area contributed by atoms with Crippen molar-refractivity contribution in [2.75, 3.05) is 23.3 Å². The van der Waals surface area contributed by atoms with Gasteiger partial charge in [-0.05, 0) is 61.2 Å². The lowest BCUT2D eigenvalue weighted by Gasteiger charge is -2.28. The van der Waals surface area contributed by atoms with Crippen molar-refractivity contribution >= 4 is 11.4 Å². The van der Waals surface area contributed by atoms with Crippen LogP contribution in [-0.2, 0) is 6.54 Å². The fourth-order valence-corrected chi connectivity index (χ4v) is 2.75. The molecule has 2 aromatic carbocycles. The molecule has 0 aromatic heterocycles. The van der Waals surface area contributed by atoms with E-state index in [1.54, 1.807) is 0 Å². The molecule has 0 aliphatic carbocycles. The summed E-state index contributed by atoms with van der Waals surface area (Å²) in [5.41, 5.74) is 3.48. The Morgan fingerprint density at radius 1 is 0.857 bits per heavy atom. The van der Waals surface area contributed by atoms with Crippen molar-refractivity contribution in [3.8, 4) is 0 Å². The summed E-state index contributed by atoms with van der Waals surface area (Å²) in [7, 11) is 0. The first kappa shape index (κ1) is 13.9. The molecule has 21 heavy (non-hydrogen) atoms. The Morgan fingerprint density at radius 3 is 2.19 bits per heavy atom. The van der Waals surface area contributed by atoms with Crippen LogP contribution in [0, 0.1) is 5.82 Å². The van der Waals surface area contributed by atoms with Crippen LogP contribution in [0.4, 0.5) is 15.8 Å². The van der Waals surface area contributed by atoms with Crippen LogP contribution < -0.4 is 10.2 Å². The van der Waals surface area contributed by atoms with Crippen molar-refractivity contribution in [2.24, 2.45) is 0 Å². The summed E-state index contributed by atoms with van der Waals surface area (Å²) in [5.74, 6) is -0.190. The summed E-state index contributed by atoms with van der Waals surface area (Å²) in [6.07, 6.45) is 3.95. The Hall–Kier alpha value is -2.03. The fraction of sp³-hybridized carbons (Fsp3) is 0.333. The van der Waals surface area contributed by atoms with Gasteiger partial charge in [0, 0.05) is 31.0 Å². The lowest BCUT2D eigenvalue weighted by Crippen LogP contribution is -2.29. The summed E-state index contributed by atoms with van der Waals surface area (Å²) in [5, 5.41) is 3.37. The van der Waals surface area contributed by atoms with Gasteiger partial charge in [-0.1, -0.05) is 12.1 Å². The predicted octanol–water partition coefficient (Wildman–Crippen LogP) is 4.43. The van der Waals surface area contributed by atoms with Gasteiger partial charge < -0.3 is 10.2 Å². The standard InChI is InChI=1S/C18H21FN2/c19-16-6-4-15(5-7-16)14-20-17-8-10-18(11-9-17)21-12-2-1-3-13-21/h4-11,20H,1-3,12-14H2. The van der Waals surface area contributed by atoms with Crippen LogP contribution in [-0.4, -0.2) is 13.1 Å². The monoisotopic (exact) mass is 284 g/mol. The Morgan fingerprint density at radius 2 is 1.52 bits per heavy atom. The van der Waals surface area contributed by atoms with Crippen LogP contribution in [0.25, 0.3) is 0 Å². The van der Waals surface area contributed by atoms with E-state index in [9.17, 15) is 4.39 Å². The number of rotatable bonds is 4. The third kappa shape index (κ3) is 3.75. The molecular formula is C18H21FN2. The van der Waals surface area contributed by atoms with Gasteiger partial charge in [0.1, 0.15) is 5.82 Å². The van der Waals surface area contributed by atoms with Gasteiger partial charge in [-0.25, -0.2) is 4.39 Å². The van der Waals surface area contributed by atoms with Crippen molar-refractivity contribution in [1.29, 1.82) is 0 Å². The molecule has 0 saturated carbocycles. The zero-order chi connectivity index (χ0) is 14.5.